The Balaban J connectivity index is 0.000000298. The number of nitrogens with zero attached hydrogens (tertiary/aromatic N) is 3. The second kappa shape index (κ2) is 8.17. The Morgan fingerprint density at radius 2 is 2.04 bits per heavy atom. The van der Waals surface area contributed by atoms with E-state index in [4.69, 9.17) is 20.4 Å². The molecule has 2 aromatic rings. The van der Waals surface area contributed by atoms with Gasteiger partial charge in [-0.05, 0) is 31.0 Å². The van der Waals surface area contributed by atoms with Gasteiger partial charge in [-0.2, -0.15) is 13.2 Å². The first-order chi connectivity index (χ1) is 12.3. The van der Waals surface area contributed by atoms with Crippen LogP contribution in [0.25, 0.3) is 10.9 Å². The average molecular weight is 372 g/mol. The van der Waals surface area contributed by atoms with Gasteiger partial charge >= 0.3 is 12.1 Å². The fourth-order valence-corrected chi connectivity index (χ4v) is 2.62. The number of nitrogens with two attached hydrogens (primary N) is 1. The van der Waals surface area contributed by atoms with Gasteiger partial charge in [0, 0.05) is 18.5 Å². The summed E-state index contributed by atoms with van der Waals surface area (Å²) in [6.45, 7) is 2.82. The number of hydrogen-bond acceptors (Lipinski definition) is 6. The molecule has 2 heterocycles. The Hall–Kier alpha value is -2.62. The maximum absolute atomic E-state index is 10.6. The molecule has 142 valence electrons. The van der Waals surface area contributed by atoms with Crippen molar-refractivity contribution in [3.8, 4) is 5.75 Å². The Morgan fingerprint density at radius 3 is 2.58 bits per heavy atom. The normalized spacial score (nSPS) is 14.4. The van der Waals surface area contributed by atoms with E-state index in [1.807, 2.05) is 18.2 Å². The Labute approximate surface area is 147 Å². The minimum absolute atomic E-state index is 0.695. The third kappa shape index (κ3) is 4.51. The number of ether oxygens (including phenoxy) is 1. The van der Waals surface area contributed by atoms with Gasteiger partial charge in [0.2, 0.25) is 0 Å². The van der Waals surface area contributed by atoms with Crippen molar-refractivity contribution >= 4 is 22.7 Å². The number of aliphatic carboxylic acids is 1. The molecule has 0 bridgehead atoms. The fraction of sp³-hybridized carbons (Fsp3) is 0.438. The molecule has 1 aromatic carbocycles. The van der Waals surface area contributed by atoms with Crippen molar-refractivity contribution in [1.82, 2.24) is 9.97 Å². The van der Waals surface area contributed by atoms with Crippen LogP contribution in [0.4, 0.5) is 19.0 Å². The van der Waals surface area contributed by atoms with Gasteiger partial charge in [0.15, 0.2) is 0 Å². The van der Waals surface area contributed by atoms with Gasteiger partial charge in [-0.15, -0.1) is 0 Å². The molecule has 26 heavy (non-hydrogen) atoms. The van der Waals surface area contributed by atoms with Crippen molar-refractivity contribution in [3.63, 3.8) is 0 Å². The molecule has 3 N–H and O–H groups in total. The van der Waals surface area contributed by atoms with Crippen LogP contribution in [0, 0.1) is 5.92 Å². The Kier molecular flexibility index (Phi) is 6.19. The number of methoxy groups -OCH3 is 1. The van der Waals surface area contributed by atoms with E-state index in [0.29, 0.717) is 5.92 Å². The van der Waals surface area contributed by atoms with Gasteiger partial charge in [-0.25, -0.2) is 14.8 Å². The molecular weight excluding hydrogens is 353 g/mol. The van der Waals surface area contributed by atoms with Crippen molar-refractivity contribution < 1.29 is 27.8 Å². The Morgan fingerprint density at radius 1 is 1.38 bits per heavy atom. The van der Waals surface area contributed by atoms with Crippen LogP contribution >= 0.6 is 0 Å². The number of para-hydroxylation sites is 1. The minimum atomic E-state index is -5.08. The van der Waals surface area contributed by atoms with E-state index in [-0.39, 0.29) is 0 Å². The molecule has 1 saturated heterocycles. The summed E-state index contributed by atoms with van der Waals surface area (Å²) >= 11 is 0. The molecule has 0 radical (unpaired) electrons. The molecule has 1 aromatic heterocycles. The molecule has 1 aliphatic heterocycles. The Bertz CT molecular complexity index is 764. The second-order valence-electron chi connectivity index (χ2n) is 5.70. The smallest absolute Gasteiger partial charge is 0.490 e. The molecule has 7 nitrogen and oxygen atoms in total. The first-order valence-electron chi connectivity index (χ1n) is 7.80. The number of rotatable bonds is 4. The van der Waals surface area contributed by atoms with Crippen molar-refractivity contribution in [1.29, 1.82) is 0 Å². The van der Waals surface area contributed by atoms with E-state index >= 15 is 0 Å². The lowest BCUT2D eigenvalue weighted by molar-refractivity contribution is -0.192. The minimum Gasteiger partial charge on any atom is -0.494 e. The van der Waals surface area contributed by atoms with Gasteiger partial charge in [0.1, 0.15) is 23.4 Å². The zero-order valence-electron chi connectivity index (χ0n) is 14.0. The third-order valence-corrected chi connectivity index (χ3v) is 3.90. The maximum Gasteiger partial charge on any atom is 0.490 e. The first kappa shape index (κ1) is 19.7. The molecule has 0 atom stereocenters. The number of benzene rings is 1. The number of anilines is 1. The van der Waals surface area contributed by atoms with Crippen LogP contribution in [0.5, 0.6) is 5.75 Å². The second-order valence-corrected chi connectivity index (χ2v) is 5.70. The summed E-state index contributed by atoms with van der Waals surface area (Å²) in [6.07, 6.45) is -2.39. The molecule has 1 aliphatic rings. The SMILES string of the molecule is COc1cccc2c(N3CC(CCN)C3)ncnc12.O=C(O)C(F)(F)F. The third-order valence-electron chi connectivity index (χ3n) is 3.90. The summed E-state index contributed by atoms with van der Waals surface area (Å²) < 4.78 is 37.1. The van der Waals surface area contributed by atoms with Gasteiger partial charge in [-0.3, -0.25) is 0 Å². The maximum atomic E-state index is 10.6. The van der Waals surface area contributed by atoms with Crippen LogP contribution in [0.1, 0.15) is 6.42 Å². The fourth-order valence-electron chi connectivity index (χ4n) is 2.62. The first-order valence-corrected chi connectivity index (χ1v) is 7.80. The van der Waals surface area contributed by atoms with Crippen LogP contribution in [-0.2, 0) is 4.79 Å². The number of aromatic nitrogens is 2. The molecule has 0 aliphatic carbocycles. The van der Waals surface area contributed by atoms with Crippen LogP contribution in [0.3, 0.4) is 0 Å². The lowest BCUT2D eigenvalue weighted by atomic mass is 9.96. The molecule has 0 saturated carbocycles. The van der Waals surface area contributed by atoms with Gasteiger partial charge < -0.3 is 20.5 Å². The number of hydrogen-bond donors (Lipinski definition) is 2. The van der Waals surface area contributed by atoms with E-state index in [2.05, 4.69) is 14.9 Å². The van der Waals surface area contributed by atoms with Gasteiger partial charge in [0.25, 0.3) is 0 Å². The van der Waals surface area contributed by atoms with Crippen LogP contribution in [-0.4, -0.2) is 54.0 Å². The summed E-state index contributed by atoms with van der Waals surface area (Å²) in [4.78, 5) is 19.9. The highest BCUT2D eigenvalue weighted by atomic mass is 19.4. The van der Waals surface area contributed by atoms with E-state index in [9.17, 15) is 13.2 Å². The monoisotopic (exact) mass is 372 g/mol. The predicted octanol–water partition coefficient (Wildman–Crippen LogP) is 2.06. The molecular formula is C16H19F3N4O3. The molecule has 1 fully saturated rings. The van der Waals surface area contributed by atoms with Crippen LogP contribution in [0.15, 0.2) is 24.5 Å². The zero-order chi connectivity index (χ0) is 19.3. The molecule has 3 rings (SSSR count). The average Bonchev–Trinajstić information content (AvgIpc) is 2.56. The summed E-state index contributed by atoms with van der Waals surface area (Å²) in [5.41, 5.74) is 6.46. The summed E-state index contributed by atoms with van der Waals surface area (Å²) in [7, 11) is 1.66. The number of halogens is 3. The largest absolute Gasteiger partial charge is 0.494 e. The van der Waals surface area contributed by atoms with Gasteiger partial charge in [0.05, 0.1) is 7.11 Å². The molecule has 0 unspecified atom stereocenters. The number of carbonyl (C=O) groups is 1. The summed E-state index contributed by atoms with van der Waals surface area (Å²) in [5, 5.41) is 8.17. The van der Waals surface area contributed by atoms with Gasteiger partial charge in [-0.1, -0.05) is 6.07 Å². The lowest BCUT2D eigenvalue weighted by Crippen LogP contribution is -2.48. The number of carboxylic acids is 1. The van der Waals surface area contributed by atoms with E-state index in [1.54, 1.807) is 13.4 Å². The van der Waals surface area contributed by atoms with Crippen LogP contribution in [0.2, 0.25) is 0 Å². The zero-order valence-corrected chi connectivity index (χ0v) is 14.0. The number of fused-ring (bicyclic) bond motifs is 1. The number of carboxylic acid groups (broad SMARTS) is 1. The summed E-state index contributed by atoms with van der Waals surface area (Å²) in [6, 6.07) is 5.95. The van der Waals surface area contributed by atoms with Crippen molar-refractivity contribution in [2.45, 2.75) is 12.6 Å². The topological polar surface area (TPSA) is 102 Å². The van der Waals surface area contributed by atoms with Crippen molar-refractivity contribution in [3.05, 3.63) is 24.5 Å². The summed E-state index contributed by atoms with van der Waals surface area (Å²) in [5.74, 6) is -0.273. The van der Waals surface area contributed by atoms with E-state index < -0.39 is 12.1 Å². The highest BCUT2D eigenvalue weighted by Crippen LogP contribution is 2.33. The lowest BCUT2D eigenvalue weighted by Gasteiger charge is -2.40. The quantitative estimate of drug-likeness (QED) is 0.847. The number of alkyl halides is 3. The van der Waals surface area contributed by atoms with Crippen LogP contribution < -0.4 is 15.4 Å². The predicted molar refractivity (Wildman–Crippen MR) is 89.2 cm³/mol. The van der Waals surface area contributed by atoms with Crippen molar-refractivity contribution in [2.75, 3.05) is 31.6 Å². The molecule has 0 amide bonds. The van der Waals surface area contributed by atoms with Crippen molar-refractivity contribution in [2.24, 2.45) is 11.7 Å². The highest BCUT2D eigenvalue weighted by Gasteiger charge is 2.38. The van der Waals surface area contributed by atoms with E-state index in [0.717, 1.165) is 48.5 Å². The molecule has 10 heteroatoms. The molecule has 0 spiro atoms. The standard InChI is InChI=1S/C14H18N4O.C2HF3O2/c1-19-12-4-2-3-11-13(12)16-9-17-14(11)18-7-10(8-18)5-6-15;3-2(4,5)1(6)7/h2-4,9-10H,5-8,15H2,1H3;(H,6,7). The highest BCUT2D eigenvalue weighted by molar-refractivity contribution is 5.93. The van der Waals surface area contributed by atoms with E-state index in [1.165, 1.54) is 0 Å².